The number of benzene rings is 2. The summed E-state index contributed by atoms with van der Waals surface area (Å²) in [5, 5.41) is 12.8. The molecule has 1 unspecified atom stereocenters. The Morgan fingerprint density at radius 1 is 1.21 bits per heavy atom. The van der Waals surface area contributed by atoms with Crippen LogP contribution in [0.25, 0.3) is 0 Å². The number of anilines is 1. The fourth-order valence-electron chi connectivity index (χ4n) is 2.55. The largest absolute Gasteiger partial charge is 0.508 e. The average molecular weight is 322 g/mol. The number of hydrogen-bond acceptors (Lipinski definition) is 2. The predicted octanol–water partition coefficient (Wildman–Crippen LogP) is 4.39. The Hall–Kier alpha value is -1.55. The van der Waals surface area contributed by atoms with E-state index in [1.165, 1.54) is 17.7 Å². The Labute approximate surface area is 119 Å². The second-order valence-electron chi connectivity index (χ2n) is 4.74. The highest BCUT2D eigenvalue weighted by Crippen LogP contribution is 2.37. The fourth-order valence-corrected chi connectivity index (χ4v) is 2.91. The van der Waals surface area contributed by atoms with Gasteiger partial charge in [0, 0.05) is 4.47 Å². The summed E-state index contributed by atoms with van der Waals surface area (Å²) >= 11 is 3.42. The zero-order valence-electron chi connectivity index (χ0n) is 10.2. The van der Waals surface area contributed by atoms with Gasteiger partial charge in [0.15, 0.2) is 0 Å². The van der Waals surface area contributed by atoms with Crippen LogP contribution in [0.3, 0.4) is 0 Å². The van der Waals surface area contributed by atoms with E-state index in [1.807, 2.05) is 6.07 Å². The van der Waals surface area contributed by atoms with E-state index in [0.717, 1.165) is 28.6 Å². The van der Waals surface area contributed by atoms with Crippen molar-refractivity contribution in [1.82, 2.24) is 0 Å². The van der Waals surface area contributed by atoms with E-state index in [4.69, 9.17) is 0 Å². The first kappa shape index (κ1) is 12.5. The summed E-state index contributed by atoms with van der Waals surface area (Å²) in [7, 11) is 0. The molecule has 0 heterocycles. The van der Waals surface area contributed by atoms with Crippen LogP contribution in [-0.2, 0) is 6.42 Å². The normalized spacial score (nSPS) is 17.3. The number of halogens is 2. The Kier molecular flexibility index (Phi) is 3.19. The van der Waals surface area contributed by atoms with Gasteiger partial charge >= 0.3 is 0 Å². The van der Waals surface area contributed by atoms with E-state index >= 15 is 0 Å². The van der Waals surface area contributed by atoms with Gasteiger partial charge < -0.3 is 10.4 Å². The summed E-state index contributed by atoms with van der Waals surface area (Å²) < 4.78 is 14.1. The van der Waals surface area contributed by atoms with Crippen LogP contribution in [0.15, 0.2) is 40.9 Å². The van der Waals surface area contributed by atoms with E-state index in [0.29, 0.717) is 5.75 Å². The van der Waals surface area contributed by atoms with Gasteiger partial charge in [-0.25, -0.2) is 4.39 Å². The summed E-state index contributed by atoms with van der Waals surface area (Å²) in [6.07, 6.45) is 1.87. The minimum atomic E-state index is -0.255. The molecule has 1 aliphatic carbocycles. The van der Waals surface area contributed by atoms with Crippen LogP contribution in [-0.4, -0.2) is 5.11 Å². The van der Waals surface area contributed by atoms with Crippen molar-refractivity contribution in [1.29, 1.82) is 0 Å². The molecular formula is C15H13BrFNO. The molecule has 2 nitrogen and oxygen atoms in total. The molecule has 0 spiro atoms. The molecule has 3 rings (SSSR count). The van der Waals surface area contributed by atoms with Crippen molar-refractivity contribution in [2.24, 2.45) is 0 Å². The molecule has 1 atom stereocenters. The molecular weight excluding hydrogens is 309 g/mol. The summed E-state index contributed by atoms with van der Waals surface area (Å²) in [4.78, 5) is 0. The number of aromatic hydroxyl groups is 1. The average Bonchev–Trinajstić information content (AvgIpc) is 2.76. The molecule has 0 radical (unpaired) electrons. The zero-order valence-corrected chi connectivity index (χ0v) is 11.7. The van der Waals surface area contributed by atoms with Crippen LogP contribution in [0.5, 0.6) is 5.75 Å². The number of nitrogens with one attached hydrogen (secondary N) is 1. The lowest BCUT2D eigenvalue weighted by atomic mass is 10.1. The standard InChI is InChI=1S/C15H13BrFNO/c16-13-5-2-10(17)8-15(13)18-14-6-1-9-7-11(19)3-4-12(9)14/h2-5,7-8,14,18-19H,1,6H2. The minimum absolute atomic E-state index is 0.161. The van der Waals surface area contributed by atoms with E-state index in [9.17, 15) is 9.50 Å². The molecule has 0 bridgehead atoms. The number of phenolic OH excluding ortho intramolecular Hbond substituents is 1. The topological polar surface area (TPSA) is 32.3 Å². The van der Waals surface area contributed by atoms with Crippen LogP contribution in [0.2, 0.25) is 0 Å². The third kappa shape index (κ3) is 2.45. The molecule has 19 heavy (non-hydrogen) atoms. The molecule has 0 saturated heterocycles. The van der Waals surface area contributed by atoms with Gasteiger partial charge in [-0.05, 0) is 70.2 Å². The Morgan fingerprint density at radius 2 is 2.05 bits per heavy atom. The van der Waals surface area contributed by atoms with Gasteiger partial charge in [0.25, 0.3) is 0 Å². The summed E-state index contributed by atoms with van der Waals surface area (Å²) in [6, 6.07) is 10.2. The molecule has 0 fully saturated rings. The van der Waals surface area contributed by atoms with Crippen LogP contribution >= 0.6 is 15.9 Å². The Balaban J connectivity index is 1.88. The zero-order chi connectivity index (χ0) is 13.4. The lowest BCUT2D eigenvalue weighted by Gasteiger charge is -2.17. The second-order valence-corrected chi connectivity index (χ2v) is 5.60. The highest BCUT2D eigenvalue weighted by Gasteiger charge is 2.23. The third-order valence-electron chi connectivity index (χ3n) is 3.46. The Morgan fingerprint density at radius 3 is 2.89 bits per heavy atom. The number of phenols is 1. The summed E-state index contributed by atoms with van der Waals surface area (Å²) in [6.45, 7) is 0. The third-order valence-corrected chi connectivity index (χ3v) is 4.15. The molecule has 0 aromatic heterocycles. The molecule has 0 aliphatic heterocycles. The summed E-state index contributed by atoms with van der Waals surface area (Å²) in [5.41, 5.74) is 3.09. The molecule has 2 N–H and O–H groups in total. The molecule has 0 saturated carbocycles. The van der Waals surface area contributed by atoms with Gasteiger partial charge in [-0.3, -0.25) is 0 Å². The lowest BCUT2D eigenvalue weighted by molar-refractivity contribution is 0.474. The molecule has 0 amide bonds. The number of hydrogen-bond donors (Lipinski definition) is 2. The first-order valence-electron chi connectivity index (χ1n) is 6.17. The minimum Gasteiger partial charge on any atom is -0.508 e. The maximum absolute atomic E-state index is 13.3. The maximum Gasteiger partial charge on any atom is 0.125 e. The number of rotatable bonds is 2. The van der Waals surface area contributed by atoms with Gasteiger partial charge in [0.05, 0.1) is 11.7 Å². The number of fused-ring (bicyclic) bond motifs is 1. The van der Waals surface area contributed by atoms with Crippen LogP contribution in [0.4, 0.5) is 10.1 Å². The monoisotopic (exact) mass is 321 g/mol. The van der Waals surface area contributed by atoms with Crippen molar-refractivity contribution in [3.05, 3.63) is 57.8 Å². The van der Waals surface area contributed by atoms with E-state index in [-0.39, 0.29) is 11.9 Å². The van der Waals surface area contributed by atoms with Crippen LogP contribution < -0.4 is 5.32 Å². The number of aryl methyl sites for hydroxylation is 1. The highest BCUT2D eigenvalue weighted by molar-refractivity contribution is 9.10. The van der Waals surface area contributed by atoms with Crippen molar-refractivity contribution in [2.45, 2.75) is 18.9 Å². The molecule has 1 aliphatic rings. The predicted molar refractivity (Wildman–Crippen MR) is 76.9 cm³/mol. The maximum atomic E-state index is 13.3. The van der Waals surface area contributed by atoms with Gasteiger partial charge in [-0.15, -0.1) is 0 Å². The molecule has 2 aromatic carbocycles. The van der Waals surface area contributed by atoms with Crippen molar-refractivity contribution >= 4 is 21.6 Å². The van der Waals surface area contributed by atoms with Crippen LogP contribution in [0, 0.1) is 5.82 Å². The molecule has 4 heteroatoms. The smallest absolute Gasteiger partial charge is 0.125 e. The highest BCUT2D eigenvalue weighted by atomic mass is 79.9. The lowest BCUT2D eigenvalue weighted by Crippen LogP contribution is -2.07. The molecule has 98 valence electrons. The van der Waals surface area contributed by atoms with Crippen molar-refractivity contribution in [3.8, 4) is 5.75 Å². The Bertz CT molecular complexity index is 630. The van der Waals surface area contributed by atoms with Gasteiger partial charge in [-0.2, -0.15) is 0 Å². The quantitative estimate of drug-likeness (QED) is 0.859. The second kappa shape index (κ2) is 4.85. The van der Waals surface area contributed by atoms with E-state index in [2.05, 4.69) is 21.2 Å². The van der Waals surface area contributed by atoms with Crippen molar-refractivity contribution in [2.75, 3.05) is 5.32 Å². The van der Waals surface area contributed by atoms with E-state index in [1.54, 1.807) is 18.2 Å². The van der Waals surface area contributed by atoms with E-state index < -0.39 is 0 Å². The summed E-state index contributed by atoms with van der Waals surface area (Å²) in [5.74, 6) is 0.0426. The molecule has 2 aromatic rings. The van der Waals surface area contributed by atoms with Gasteiger partial charge in [-0.1, -0.05) is 6.07 Å². The first-order valence-corrected chi connectivity index (χ1v) is 6.96. The van der Waals surface area contributed by atoms with Crippen LogP contribution in [0.1, 0.15) is 23.6 Å². The SMILES string of the molecule is Oc1ccc2c(c1)CCC2Nc1cc(F)ccc1Br. The van der Waals surface area contributed by atoms with Crippen molar-refractivity contribution in [3.63, 3.8) is 0 Å². The first-order chi connectivity index (χ1) is 9.13. The van der Waals surface area contributed by atoms with Gasteiger partial charge in [0.1, 0.15) is 11.6 Å². The fraction of sp³-hybridized carbons (Fsp3) is 0.200. The van der Waals surface area contributed by atoms with Gasteiger partial charge in [0.2, 0.25) is 0 Å². The van der Waals surface area contributed by atoms with Crippen molar-refractivity contribution < 1.29 is 9.50 Å².